The number of phenols is 1. The Labute approximate surface area is 158 Å². The summed E-state index contributed by atoms with van der Waals surface area (Å²) in [6, 6.07) is 7.59. The average Bonchev–Trinajstić information content (AvgIpc) is 2.93. The number of hydrogen-bond donors (Lipinski definition) is 1. The Morgan fingerprint density at radius 1 is 1.30 bits per heavy atom. The van der Waals surface area contributed by atoms with E-state index in [-0.39, 0.29) is 23.1 Å². The molecule has 2 aromatic carbocycles. The highest BCUT2D eigenvalue weighted by molar-refractivity contribution is 6.15. The fourth-order valence-electron chi connectivity index (χ4n) is 3.26. The molecule has 0 atom stereocenters. The van der Waals surface area contributed by atoms with Gasteiger partial charge in [-0.2, -0.15) is 0 Å². The number of hydrogen-bond acceptors (Lipinski definition) is 4. The second kappa shape index (κ2) is 7.92. The van der Waals surface area contributed by atoms with Crippen LogP contribution in [0.3, 0.4) is 0 Å². The molecule has 3 rings (SSSR count). The van der Waals surface area contributed by atoms with E-state index in [0.717, 1.165) is 19.4 Å². The summed E-state index contributed by atoms with van der Waals surface area (Å²) in [4.78, 5) is 14.9. The predicted octanol–water partition coefficient (Wildman–Crippen LogP) is 4.69. The van der Waals surface area contributed by atoms with Crippen molar-refractivity contribution in [2.24, 2.45) is 0 Å². The quantitative estimate of drug-likeness (QED) is 0.751. The fraction of sp³-hybridized carbons (Fsp3) is 0.318. The standard InChI is InChI=1S/C22H24FNO3/c1-4-5-9-24(3)13-17-18(25)10-14(2)20-21(26)19(27-22(17)20)12-15-7-6-8-16(23)11-15/h6-8,10-12,25H,4-5,9,13H2,1-3H3/b19-12-. The lowest BCUT2D eigenvalue weighted by atomic mass is 9.99. The van der Waals surface area contributed by atoms with Gasteiger partial charge in [-0.05, 0) is 62.3 Å². The van der Waals surface area contributed by atoms with Gasteiger partial charge in [0, 0.05) is 6.54 Å². The maximum Gasteiger partial charge on any atom is 0.232 e. The van der Waals surface area contributed by atoms with Gasteiger partial charge in [0.2, 0.25) is 5.78 Å². The van der Waals surface area contributed by atoms with E-state index in [4.69, 9.17) is 4.74 Å². The Bertz CT molecular complexity index is 905. The second-order valence-corrected chi connectivity index (χ2v) is 6.98. The molecule has 0 spiro atoms. The maximum absolute atomic E-state index is 13.4. The number of allylic oxidation sites excluding steroid dienone is 1. The summed E-state index contributed by atoms with van der Waals surface area (Å²) >= 11 is 0. The number of carbonyl (C=O) groups excluding carboxylic acids is 1. The molecule has 142 valence electrons. The highest BCUT2D eigenvalue weighted by atomic mass is 19.1. The van der Waals surface area contributed by atoms with Crippen LogP contribution in [0.2, 0.25) is 0 Å². The third-order valence-electron chi connectivity index (χ3n) is 4.69. The number of aromatic hydroxyl groups is 1. The molecule has 0 radical (unpaired) electrons. The molecule has 1 heterocycles. The van der Waals surface area contributed by atoms with E-state index in [9.17, 15) is 14.3 Å². The van der Waals surface area contributed by atoms with Gasteiger partial charge in [-0.25, -0.2) is 4.39 Å². The number of aryl methyl sites for hydroxylation is 1. The highest BCUT2D eigenvalue weighted by Gasteiger charge is 2.33. The molecule has 1 aliphatic rings. The largest absolute Gasteiger partial charge is 0.507 e. The van der Waals surface area contributed by atoms with Crippen molar-refractivity contribution in [3.05, 3.63) is 64.2 Å². The number of Topliss-reactive ketones (excluding diaryl/α,β-unsaturated/α-hetero) is 1. The van der Waals surface area contributed by atoms with Crippen LogP contribution in [0.5, 0.6) is 11.5 Å². The molecule has 2 aromatic rings. The molecule has 0 amide bonds. The molecular formula is C22H24FNO3. The number of phenolic OH excluding ortho intramolecular Hbond substituents is 1. The van der Waals surface area contributed by atoms with Gasteiger partial charge in [0.05, 0.1) is 11.1 Å². The van der Waals surface area contributed by atoms with Gasteiger partial charge in [0.1, 0.15) is 17.3 Å². The molecule has 1 N–H and O–H groups in total. The Hall–Kier alpha value is -2.66. The lowest BCUT2D eigenvalue weighted by molar-refractivity contribution is 0.101. The molecule has 0 bridgehead atoms. The summed E-state index contributed by atoms with van der Waals surface area (Å²) in [5, 5.41) is 10.4. The number of halogens is 1. The van der Waals surface area contributed by atoms with Gasteiger partial charge in [0.15, 0.2) is 5.76 Å². The van der Waals surface area contributed by atoms with Crippen LogP contribution in [-0.4, -0.2) is 29.4 Å². The number of unbranched alkanes of at least 4 members (excludes halogenated alkanes) is 1. The Kier molecular flexibility index (Phi) is 5.61. The predicted molar refractivity (Wildman–Crippen MR) is 103 cm³/mol. The minimum Gasteiger partial charge on any atom is -0.507 e. The number of ether oxygens (including phenoxy) is 1. The highest BCUT2D eigenvalue weighted by Crippen LogP contribution is 2.42. The SMILES string of the molecule is CCCCN(C)Cc1c(O)cc(C)c2c1O/C(=C\c1cccc(F)c1)C2=O. The van der Waals surface area contributed by atoms with Gasteiger partial charge < -0.3 is 14.7 Å². The smallest absolute Gasteiger partial charge is 0.232 e. The first-order valence-corrected chi connectivity index (χ1v) is 9.14. The molecule has 0 aromatic heterocycles. The van der Waals surface area contributed by atoms with Crippen LogP contribution >= 0.6 is 0 Å². The maximum atomic E-state index is 13.4. The monoisotopic (exact) mass is 369 g/mol. The number of carbonyl (C=O) groups is 1. The van der Waals surface area contributed by atoms with E-state index in [1.807, 2.05) is 7.05 Å². The number of benzene rings is 2. The molecule has 0 unspecified atom stereocenters. The molecule has 4 nitrogen and oxygen atoms in total. The third-order valence-corrected chi connectivity index (χ3v) is 4.69. The van der Waals surface area contributed by atoms with Crippen LogP contribution in [-0.2, 0) is 6.54 Å². The zero-order valence-electron chi connectivity index (χ0n) is 15.9. The summed E-state index contributed by atoms with van der Waals surface area (Å²) in [6.45, 7) is 5.27. The van der Waals surface area contributed by atoms with Gasteiger partial charge >= 0.3 is 0 Å². The summed E-state index contributed by atoms with van der Waals surface area (Å²) in [7, 11) is 1.97. The molecule has 0 saturated heterocycles. The van der Waals surface area contributed by atoms with Crippen molar-refractivity contribution in [1.82, 2.24) is 4.90 Å². The first kappa shape index (κ1) is 19.1. The lowest BCUT2D eigenvalue weighted by Gasteiger charge is -2.19. The van der Waals surface area contributed by atoms with Gasteiger partial charge in [-0.15, -0.1) is 0 Å². The van der Waals surface area contributed by atoms with Crippen LogP contribution in [0, 0.1) is 12.7 Å². The van der Waals surface area contributed by atoms with Crippen molar-refractivity contribution in [2.75, 3.05) is 13.6 Å². The zero-order valence-corrected chi connectivity index (χ0v) is 15.9. The fourth-order valence-corrected chi connectivity index (χ4v) is 3.26. The van der Waals surface area contributed by atoms with Crippen LogP contribution in [0.4, 0.5) is 4.39 Å². The minimum atomic E-state index is -0.376. The number of ketones is 1. The molecule has 0 fully saturated rings. The summed E-state index contributed by atoms with van der Waals surface area (Å²) < 4.78 is 19.3. The minimum absolute atomic E-state index is 0.120. The van der Waals surface area contributed by atoms with Crippen molar-refractivity contribution in [1.29, 1.82) is 0 Å². The van der Waals surface area contributed by atoms with Gasteiger partial charge in [0.25, 0.3) is 0 Å². The summed E-state index contributed by atoms with van der Waals surface area (Å²) in [6.07, 6.45) is 3.67. The molecule has 1 aliphatic heterocycles. The van der Waals surface area contributed by atoms with E-state index in [1.54, 1.807) is 25.1 Å². The molecular weight excluding hydrogens is 345 g/mol. The zero-order chi connectivity index (χ0) is 19.6. The third kappa shape index (κ3) is 4.03. The Morgan fingerprint density at radius 3 is 2.78 bits per heavy atom. The summed E-state index contributed by atoms with van der Waals surface area (Å²) in [5.74, 6) is 0.0447. The summed E-state index contributed by atoms with van der Waals surface area (Å²) in [5.41, 5.74) is 2.28. The van der Waals surface area contributed by atoms with Crippen LogP contribution in [0.1, 0.15) is 46.8 Å². The van der Waals surface area contributed by atoms with E-state index < -0.39 is 0 Å². The van der Waals surface area contributed by atoms with Crippen molar-refractivity contribution < 1.29 is 19.0 Å². The van der Waals surface area contributed by atoms with Crippen LogP contribution in [0.15, 0.2) is 36.1 Å². The second-order valence-electron chi connectivity index (χ2n) is 6.98. The van der Waals surface area contributed by atoms with Crippen LogP contribution < -0.4 is 4.74 Å². The molecule has 0 saturated carbocycles. The first-order valence-electron chi connectivity index (χ1n) is 9.14. The van der Waals surface area contributed by atoms with Crippen molar-refractivity contribution in [3.63, 3.8) is 0 Å². The van der Waals surface area contributed by atoms with E-state index in [2.05, 4.69) is 11.8 Å². The molecule has 0 aliphatic carbocycles. The topological polar surface area (TPSA) is 49.8 Å². The van der Waals surface area contributed by atoms with E-state index in [1.165, 1.54) is 18.2 Å². The van der Waals surface area contributed by atoms with E-state index in [0.29, 0.717) is 34.5 Å². The number of nitrogens with zero attached hydrogens (tertiary/aromatic N) is 1. The molecule has 27 heavy (non-hydrogen) atoms. The average molecular weight is 369 g/mol. The van der Waals surface area contributed by atoms with Crippen molar-refractivity contribution in [2.45, 2.75) is 33.2 Å². The van der Waals surface area contributed by atoms with E-state index >= 15 is 0 Å². The lowest BCUT2D eigenvalue weighted by Crippen LogP contribution is -2.19. The number of rotatable bonds is 6. The Balaban J connectivity index is 1.97. The van der Waals surface area contributed by atoms with Gasteiger partial charge in [-0.3, -0.25) is 4.79 Å². The first-order chi connectivity index (χ1) is 12.9. The van der Waals surface area contributed by atoms with Crippen molar-refractivity contribution >= 4 is 11.9 Å². The van der Waals surface area contributed by atoms with Gasteiger partial charge in [-0.1, -0.05) is 25.5 Å². The van der Waals surface area contributed by atoms with Crippen LogP contribution in [0.25, 0.3) is 6.08 Å². The Morgan fingerprint density at radius 2 is 2.07 bits per heavy atom. The number of fused-ring (bicyclic) bond motifs is 1. The normalized spacial score (nSPS) is 14.7. The van der Waals surface area contributed by atoms with Crippen molar-refractivity contribution in [3.8, 4) is 11.5 Å². The molecule has 5 heteroatoms.